The number of hydrogen-bond donors (Lipinski definition) is 2. The minimum Gasteiger partial charge on any atom is -0.369 e. The molecule has 3 aromatic rings. The first-order chi connectivity index (χ1) is 13.5. The molecule has 1 saturated heterocycles. The topological polar surface area (TPSA) is 51.4 Å². The van der Waals surface area contributed by atoms with Gasteiger partial charge < -0.3 is 20.1 Å². The lowest BCUT2D eigenvalue weighted by Gasteiger charge is -2.35. The molecule has 4 rings (SSSR count). The second-order valence-electron chi connectivity index (χ2n) is 7.26. The van der Waals surface area contributed by atoms with Gasteiger partial charge in [0, 0.05) is 48.5 Å². The summed E-state index contributed by atoms with van der Waals surface area (Å²) < 4.78 is 13.9. The fourth-order valence-electron chi connectivity index (χ4n) is 3.74. The number of aromatic amines is 1. The van der Waals surface area contributed by atoms with Gasteiger partial charge in [-0.05, 0) is 55.4 Å². The van der Waals surface area contributed by atoms with Crippen molar-refractivity contribution >= 4 is 28.2 Å². The number of aryl methyl sites for hydroxylation is 1. The van der Waals surface area contributed by atoms with Crippen LogP contribution in [0, 0.1) is 12.7 Å². The SMILES string of the molecule is CCN1CCN(c2ccc(NC(=O)c3cc4c(F)cccc4[nH]3)c(C)c2)CC1. The molecule has 1 aliphatic rings. The van der Waals surface area contributed by atoms with Gasteiger partial charge in [0.2, 0.25) is 0 Å². The monoisotopic (exact) mass is 380 g/mol. The summed E-state index contributed by atoms with van der Waals surface area (Å²) in [6.07, 6.45) is 0. The number of hydrogen-bond acceptors (Lipinski definition) is 3. The molecule has 28 heavy (non-hydrogen) atoms. The molecule has 1 amide bonds. The molecular weight excluding hydrogens is 355 g/mol. The number of carbonyl (C=O) groups excluding carboxylic acids is 1. The minimum atomic E-state index is -0.337. The summed E-state index contributed by atoms with van der Waals surface area (Å²) in [4.78, 5) is 20.4. The number of aromatic nitrogens is 1. The normalized spacial score (nSPS) is 15.2. The Morgan fingerprint density at radius 1 is 1.14 bits per heavy atom. The van der Waals surface area contributed by atoms with Crippen LogP contribution in [0.5, 0.6) is 0 Å². The summed E-state index contributed by atoms with van der Waals surface area (Å²) in [5.41, 5.74) is 3.91. The third-order valence-corrected chi connectivity index (χ3v) is 5.50. The Balaban J connectivity index is 1.48. The van der Waals surface area contributed by atoms with Gasteiger partial charge in [-0.25, -0.2) is 4.39 Å². The van der Waals surface area contributed by atoms with Gasteiger partial charge in [0.1, 0.15) is 11.5 Å². The lowest BCUT2D eigenvalue weighted by Crippen LogP contribution is -2.46. The molecule has 1 aromatic heterocycles. The number of likely N-dealkylation sites (N-methyl/N-ethyl adjacent to an activating group) is 1. The number of piperazine rings is 1. The van der Waals surface area contributed by atoms with Crippen LogP contribution in [0.3, 0.4) is 0 Å². The average Bonchev–Trinajstić information content (AvgIpc) is 3.15. The molecule has 0 saturated carbocycles. The van der Waals surface area contributed by atoms with E-state index in [4.69, 9.17) is 0 Å². The first kappa shape index (κ1) is 18.5. The molecule has 2 aromatic carbocycles. The van der Waals surface area contributed by atoms with Gasteiger partial charge in [-0.1, -0.05) is 13.0 Å². The summed E-state index contributed by atoms with van der Waals surface area (Å²) >= 11 is 0. The molecule has 5 nitrogen and oxygen atoms in total. The van der Waals surface area contributed by atoms with Crippen LogP contribution in [0.15, 0.2) is 42.5 Å². The van der Waals surface area contributed by atoms with Crippen LogP contribution in [0.25, 0.3) is 10.9 Å². The molecule has 146 valence electrons. The summed E-state index contributed by atoms with van der Waals surface area (Å²) in [6, 6.07) is 12.4. The fourth-order valence-corrected chi connectivity index (χ4v) is 3.74. The highest BCUT2D eigenvalue weighted by atomic mass is 19.1. The first-order valence-electron chi connectivity index (χ1n) is 9.71. The predicted octanol–water partition coefficient (Wildman–Crippen LogP) is 4.01. The highest BCUT2D eigenvalue weighted by Crippen LogP contribution is 2.25. The zero-order valence-electron chi connectivity index (χ0n) is 16.3. The van der Waals surface area contributed by atoms with Crippen molar-refractivity contribution in [2.45, 2.75) is 13.8 Å². The molecular formula is C22H25FN4O. The van der Waals surface area contributed by atoms with Gasteiger partial charge in [0.15, 0.2) is 0 Å². The number of carbonyl (C=O) groups is 1. The maximum absolute atomic E-state index is 13.9. The van der Waals surface area contributed by atoms with E-state index in [1.807, 2.05) is 13.0 Å². The number of amides is 1. The van der Waals surface area contributed by atoms with Crippen molar-refractivity contribution in [1.29, 1.82) is 0 Å². The maximum Gasteiger partial charge on any atom is 0.272 e. The zero-order valence-corrected chi connectivity index (χ0v) is 16.3. The van der Waals surface area contributed by atoms with Crippen molar-refractivity contribution < 1.29 is 9.18 Å². The molecule has 0 bridgehead atoms. The van der Waals surface area contributed by atoms with E-state index < -0.39 is 0 Å². The van der Waals surface area contributed by atoms with E-state index in [1.54, 1.807) is 18.2 Å². The molecule has 1 fully saturated rings. The van der Waals surface area contributed by atoms with Crippen molar-refractivity contribution in [1.82, 2.24) is 9.88 Å². The summed E-state index contributed by atoms with van der Waals surface area (Å²) in [6.45, 7) is 9.45. The molecule has 0 unspecified atom stereocenters. The lowest BCUT2D eigenvalue weighted by molar-refractivity contribution is 0.102. The molecule has 2 heterocycles. The summed E-state index contributed by atoms with van der Waals surface area (Å²) in [5, 5.41) is 3.36. The van der Waals surface area contributed by atoms with Gasteiger partial charge in [0.05, 0.1) is 0 Å². The van der Waals surface area contributed by atoms with Crippen molar-refractivity contribution in [2.24, 2.45) is 0 Å². The van der Waals surface area contributed by atoms with Crippen LogP contribution in [-0.2, 0) is 0 Å². The van der Waals surface area contributed by atoms with Crippen LogP contribution in [0.4, 0.5) is 15.8 Å². The van der Waals surface area contributed by atoms with E-state index in [9.17, 15) is 9.18 Å². The standard InChI is InChI=1S/C22H25FN4O/c1-3-26-9-11-27(12-10-26)16-7-8-19(15(2)13-16)25-22(28)21-14-17-18(23)5-4-6-20(17)24-21/h4-8,13-14,24H,3,9-12H2,1-2H3,(H,25,28). The number of nitrogens with one attached hydrogen (secondary N) is 2. The molecule has 0 radical (unpaired) electrons. The second kappa shape index (κ2) is 7.64. The number of rotatable bonds is 4. The number of anilines is 2. The summed E-state index contributed by atoms with van der Waals surface area (Å²) in [7, 11) is 0. The van der Waals surface area contributed by atoms with Gasteiger partial charge in [-0.15, -0.1) is 0 Å². The van der Waals surface area contributed by atoms with E-state index in [0.29, 0.717) is 16.6 Å². The summed E-state index contributed by atoms with van der Waals surface area (Å²) in [5.74, 6) is -0.612. The average molecular weight is 380 g/mol. The number of benzene rings is 2. The van der Waals surface area contributed by atoms with E-state index >= 15 is 0 Å². The second-order valence-corrected chi connectivity index (χ2v) is 7.26. The Morgan fingerprint density at radius 3 is 2.61 bits per heavy atom. The third-order valence-electron chi connectivity index (χ3n) is 5.50. The number of halogens is 1. The van der Waals surface area contributed by atoms with Crippen LogP contribution in [0.1, 0.15) is 23.0 Å². The van der Waals surface area contributed by atoms with Crippen molar-refractivity contribution in [3.63, 3.8) is 0 Å². The highest BCUT2D eigenvalue weighted by Gasteiger charge is 2.17. The van der Waals surface area contributed by atoms with Crippen molar-refractivity contribution in [3.05, 3.63) is 59.5 Å². The Morgan fingerprint density at radius 2 is 1.93 bits per heavy atom. The first-order valence-corrected chi connectivity index (χ1v) is 9.71. The van der Waals surface area contributed by atoms with Crippen LogP contribution in [-0.4, -0.2) is 48.5 Å². The molecule has 0 aliphatic carbocycles. The Kier molecular flexibility index (Phi) is 5.05. The van der Waals surface area contributed by atoms with E-state index in [-0.39, 0.29) is 11.7 Å². The minimum absolute atomic E-state index is 0.275. The zero-order chi connectivity index (χ0) is 19.7. The Hall–Kier alpha value is -2.86. The highest BCUT2D eigenvalue weighted by molar-refractivity contribution is 6.06. The Bertz CT molecular complexity index is 1000. The van der Waals surface area contributed by atoms with Crippen LogP contribution < -0.4 is 10.2 Å². The number of H-pyrrole nitrogens is 1. The number of nitrogens with zero attached hydrogens (tertiary/aromatic N) is 2. The molecule has 2 N–H and O–H groups in total. The fraction of sp³-hybridized carbons (Fsp3) is 0.318. The molecule has 6 heteroatoms. The molecule has 0 spiro atoms. The van der Waals surface area contributed by atoms with Crippen molar-refractivity contribution in [2.75, 3.05) is 42.9 Å². The molecule has 1 aliphatic heterocycles. The maximum atomic E-state index is 13.9. The quantitative estimate of drug-likeness (QED) is 0.719. The smallest absolute Gasteiger partial charge is 0.272 e. The van der Waals surface area contributed by atoms with Gasteiger partial charge in [-0.2, -0.15) is 0 Å². The molecule has 0 atom stereocenters. The lowest BCUT2D eigenvalue weighted by atomic mass is 10.1. The van der Waals surface area contributed by atoms with Crippen LogP contribution in [0.2, 0.25) is 0 Å². The van der Waals surface area contributed by atoms with Crippen LogP contribution >= 0.6 is 0 Å². The van der Waals surface area contributed by atoms with Crippen molar-refractivity contribution in [3.8, 4) is 0 Å². The third kappa shape index (κ3) is 3.60. The predicted molar refractivity (Wildman–Crippen MR) is 112 cm³/mol. The van der Waals surface area contributed by atoms with Gasteiger partial charge >= 0.3 is 0 Å². The van der Waals surface area contributed by atoms with Gasteiger partial charge in [0.25, 0.3) is 5.91 Å². The van der Waals surface area contributed by atoms with Gasteiger partial charge in [-0.3, -0.25) is 4.79 Å². The Labute approximate surface area is 164 Å². The van der Waals surface area contributed by atoms with E-state index in [1.165, 1.54) is 11.8 Å². The number of fused-ring (bicyclic) bond motifs is 1. The van der Waals surface area contributed by atoms with E-state index in [2.05, 4.69) is 39.2 Å². The largest absolute Gasteiger partial charge is 0.369 e. The van der Waals surface area contributed by atoms with E-state index in [0.717, 1.165) is 44.0 Å².